The van der Waals surface area contributed by atoms with Crippen LogP contribution in [0.4, 0.5) is 14.5 Å². The minimum absolute atomic E-state index is 0.0469. The molecule has 30 heavy (non-hydrogen) atoms. The summed E-state index contributed by atoms with van der Waals surface area (Å²) in [6.45, 7) is 3.89. The number of thioether (sulfide) groups is 1. The van der Waals surface area contributed by atoms with Crippen LogP contribution in [-0.4, -0.2) is 16.2 Å². The first kappa shape index (κ1) is 21.3. The van der Waals surface area contributed by atoms with Crippen LogP contribution in [0.25, 0.3) is 11.8 Å². The fourth-order valence-corrected chi connectivity index (χ4v) is 3.63. The molecule has 0 radical (unpaired) electrons. The van der Waals surface area contributed by atoms with Crippen LogP contribution in [0.1, 0.15) is 17.0 Å². The molecule has 0 aliphatic carbocycles. The third kappa shape index (κ3) is 4.97. The SMILES string of the molecule is Cc1cc(/C=C(/C#N)C(=O)Nc2ccc(SC(F)F)cc2)c(C)n1-c1ccccc1. The number of rotatable bonds is 6. The Bertz CT molecular complexity index is 1110. The van der Waals surface area contributed by atoms with E-state index < -0.39 is 11.7 Å². The first-order valence-corrected chi connectivity index (χ1v) is 9.99. The smallest absolute Gasteiger partial charge is 0.288 e. The van der Waals surface area contributed by atoms with E-state index in [0.29, 0.717) is 22.3 Å². The zero-order valence-electron chi connectivity index (χ0n) is 16.4. The number of amides is 1. The van der Waals surface area contributed by atoms with Crippen LogP contribution in [0.5, 0.6) is 0 Å². The molecule has 152 valence electrons. The predicted molar refractivity (Wildman–Crippen MR) is 116 cm³/mol. The number of benzene rings is 2. The Morgan fingerprint density at radius 2 is 1.80 bits per heavy atom. The average Bonchev–Trinajstić information content (AvgIpc) is 3.00. The Labute approximate surface area is 177 Å². The van der Waals surface area contributed by atoms with E-state index in [0.717, 1.165) is 22.6 Å². The number of nitrogens with zero attached hydrogens (tertiary/aromatic N) is 2. The first-order chi connectivity index (χ1) is 14.4. The molecule has 2 aromatic carbocycles. The van der Waals surface area contributed by atoms with Crippen molar-refractivity contribution in [2.45, 2.75) is 24.5 Å². The van der Waals surface area contributed by atoms with Crippen molar-refractivity contribution >= 4 is 29.4 Å². The molecule has 3 rings (SSSR count). The lowest BCUT2D eigenvalue weighted by molar-refractivity contribution is -0.112. The largest absolute Gasteiger partial charge is 0.321 e. The number of carbonyl (C=O) groups excluding carboxylic acids is 1. The summed E-state index contributed by atoms with van der Waals surface area (Å²) in [5.74, 6) is -3.07. The maximum absolute atomic E-state index is 12.5. The molecule has 1 amide bonds. The van der Waals surface area contributed by atoms with Crippen molar-refractivity contribution in [2.75, 3.05) is 5.32 Å². The van der Waals surface area contributed by atoms with Gasteiger partial charge < -0.3 is 9.88 Å². The molecule has 0 unspecified atom stereocenters. The topological polar surface area (TPSA) is 57.8 Å². The van der Waals surface area contributed by atoms with Gasteiger partial charge in [-0.2, -0.15) is 14.0 Å². The van der Waals surface area contributed by atoms with E-state index in [1.165, 1.54) is 24.3 Å². The van der Waals surface area contributed by atoms with Gasteiger partial charge in [0.05, 0.1) is 0 Å². The standard InChI is InChI=1S/C23H19F2N3OS/c1-15-12-17(16(2)28(15)20-6-4-3-5-7-20)13-18(14-26)22(29)27-19-8-10-21(11-9-19)30-23(24)25/h3-13,23H,1-2H3,(H,27,29)/b18-13-. The average molecular weight is 423 g/mol. The van der Waals surface area contributed by atoms with Gasteiger partial charge >= 0.3 is 0 Å². The van der Waals surface area contributed by atoms with Gasteiger partial charge in [-0.05, 0) is 68.0 Å². The number of aryl methyl sites for hydroxylation is 1. The van der Waals surface area contributed by atoms with Crippen LogP contribution < -0.4 is 5.32 Å². The van der Waals surface area contributed by atoms with E-state index in [1.807, 2.05) is 56.3 Å². The van der Waals surface area contributed by atoms with Gasteiger partial charge in [0.15, 0.2) is 0 Å². The monoisotopic (exact) mass is 423 g/mol. The predicted octanol–water partition coefficient (Wildman–Crippen LogP) is 5.95. The highest BCUT2D eigenvalue weighted by atomic mass is 32.2. The highest BCUT2D eigenvalue weighted by Gasteiger charge is 2.14. The lowest BCUT2D eigenvalue weighted by Crippen LogP contribution is -2.13. The van der Waals surface area contributed by atoms with E-state index in [2.05, 4.69) is 9.88 Å². The lowest BCUT2D eigenvalue weighted by atomic mass is 10.1. The van der Waals surface area contributed by atoms with Crippen molar-refractivity contribution < 1.29 is 13.6 Å². The fraction of sp³-hybridized carbons (Fsp3) is 0.130. The normalized spacial score (nSPS) is 11.4. The van der Waals surface area contributed by atoms with Crippen LogP contribution >= 0.6 is 11.8 Å². The Kier molecular flexibility index (Phi) is 6.70. The van der Waals surface area contributed by atoms with Gasteiger partial charge in [-0.1, -0.05) is 30.0 Å². The molecule has 0 aliphatic rings. The minimum Gasteiger partial charge on any atom is -0.321 e. The number of alkyl halides is 2. The second kappa shape index (κ2) is 9.42. The zero-order chi connectivity index (χ0) is 21.7. The van der Waals surface area contributed by atoms with Crippen molar-refractivity contribution in [2.24, 2.45) is 0 Å². The summed E-state index contributed by atoms with van der Waals surface area (Å²) in [6.07, 6.45) is 1.55. The number of hydrogen-bond donors (Lipinski definition) is 1. The van der Waals surface area contributed by atoms with E-state index in [9.17, 15) is 18.8 Å². The summed E-state index contributed by atoms with van der Waals surface area (Å²) in [7, 11) is 0. The van der Waals surface area contributed by atoms with Crippen molar-refractivity contribution in [3.05, 3.63) is 83.2 Å². The molecule has 0 atom stereocenters. The molecule has 0 aliphatic heterocycles. The Balaban J connectivity index is 1.82. The molecule has 0 spiro atoms. The summed E-state index contributed by atoms with van der Waals surface area (Å²) in [5.41, 5.74) is 4.04. The van der Waals surface area contributed by atoms with Gasteiger partial charge in [-0.25, -0.2) is 0 Å². The number of nitriles is 1. The lowest BCUT2D eigenvalue weighted by Gasteiger charge is -2.09. The van der Waals surface area contributed by atoms with Crippen LogP contribution in [-0.2, 0) is 4.79 Å². The molecule has 0 saturated heterocycles. The second-order valence-electron chi connectivity index (χ2n) is 6.52. The van der Waals surface area contributed by atoms with E-state index in [4.69, 9.17) is 0 Å². The number of anilines is 1. The molecule has 0 fully saturated rings. The maximum Gasteiger partial charge on any atom is 0.288 e. The number of aromatic nitrogens is 1. The number of para-hydroxylation sites is 1. The van der Waals surface area contributed by atoms with Crippen molar-refractivity contribution in [3.8, 4) is 11.8 Å². The van der Waals surface area contributed by atoms with Gasteiger partial charge in [0.1, 0.15) is 11.6 Å². The second-order valence-corrected chi connectivity index (χ2v) is 7.59. The summed E-state index contributed by atoms with van der Waals surface area (Å²) in [5, 5.41) is 12.1. The number of carbonyl (C=O) groups is 1. The van der Waals surface area contributed by atoms with Crippen molar-refractivity contribution in [1.29, 1.82) is 5.26 Å². The zero-order valence-corrected chi connectivity index (χ0v) is 17.2. The number of hydrogen-bond acceptors (Lipinski definition) is 3. The molecular formula is C23H19F2N3OS. The van der Waals surface area contributed by atoms with E-state index in [-0.39, 0.29) is 5.57 Å². The molecule has 1 N–H and O–H groups in total. The summed E-state index contributed by atoms with van der Waals surface area (Å²) in [4.78, 5) is 12.9. The summed E-state index contributed by atoms with van der Waals surface area (Å²) >= 11 is 0.430. The summed E-state index contributed by atoms with van der Waals surface area (Å²) < 4.78 is 26.9. The Morgan fingerprint density at radius 1 is 1.13 bits per heavy atom. The molecular weight excluding hydrogens is 404 g/mol. The van der Waals surface area contributed by atoms with Crippen LogP contribution in [0, 0.1) is 25.2 Å². The van der Waals surface area contributed by atoms with Gasteiger partial charge in [0.2, 0.25) is 0 Å². The first-order valence-electron chi connectivity index (χ1n) is 9.11. The highest BCUT2D eigenvalue weighted by molar-refractivity contribution is 7.99. The molecule has 3 aromatic rings. The molecule has 4 nitrogen and oxygen atoms in total. The van der Waals surface area contributed by atoms with Crippen LogP contribution in [0.2, 0.25) is 0 Å². The molecule has 0 saturated carbocycles. The number of nitrogens with one attached hydrogen (secondary N) is 1. The third-order valence-electron chi connectivity index (χ3n) is 4.49. The van der Waals surface area contributed by atoms with E-state index >= 15 is 0 Å². The highest BCUT2D eigenvalue weighted by Crippen LogP contribution is 2.26. The van der Waals surface area contributed by atoms with Crippen molar-refractivity contribution in [1.82, 2.24) is 4.57 Å². The molecule has 0 bridgehead atoms. The Hall–Kier alpha value is -3.37. The molecule has 1 heterocycles. The maximum atomic E-state index is 12.5. The van der Waals surface area contributed by atoms with E-state index in [1.54, 1.807) is 6.08 Å². The van der Waals surface area contributed by atoms with Crippen LogP contribution in [0.3, 0.4) is 0 Å². The molecule has 1 aromatic heterocycles. The van der Waals surface area contributed by atoms with Gasteiger partial charge in [-0.3, -0.25) is 4.79 Å². The van der Waals surface area contributed by atoms with Gasteiger partial charge in [-0.15, -0.1) is 0 Å². The fourth-order valence-electron chi connectivity index (χ4n) is 3.13. The minimum atomic E-state index is -2.51. The summed E-state index contributed by atoms with van der Waals surface area (Å²) in [6, 6.07) is 19.7. The van der Waals surface area contributed by atoms with Gasteiger partial charge in [0.25, 0.3) is 11.7 Å². The quantitative estimate of drug-likeness (QED) is 0.303. The van der Waals surface area contributed by atoms with Crippen molar-refractivity contribution in [3.63, 3.8) is 0 Å². The Morgan fingerprint density at radius 3 is 2.40 bits per heavy atom. The third-order valence-corrected chi connectivity index (χ3v) is 5.21. The van der Waals surface area contributed by atoms with Gasteiger partial charge in [0, 0.05) is 27.7 Å². The number of halogens is 2. The molecule has 7 heteroatoms. The van der Waals surface area contributed by atoms with Crippen LogP contribution in [0.15, 0.2) is 71.1 Å².